The van der Waals surface area contributed by atoms with Gasteiger partial charge in [0.2, 0.25) is 0 Å². The number of hydrogen-bond acceptors (Lipinski definition) is 3. The van der Waals surface area contributed by atoms with Gasteiger partial charge in [-0.1, -0.05) is 6.92 Å². The van der Waals surface area contributed by atoms with Crippen molar-refractivity contribution in [3.05, 3.63) is 0 Å². The van der Waals surface area contributed by atoms with Crippen molar-refractivity contribution < 1.29 is 0 Å². The lowest BCUT2D eigenvalue weighted by molar-refractivity contribution is 0.139. The number of likely N-dealkylation sites (tertiary alicyclic amines) is 1. The summed E-state index contributed by atoms with van der Waals surface area (Å²) in [5, 5.41) is 6.77. The molecule has 0 aromatic carbocycles. The zero-order valence-electron chi connectivity index (χ0n) is 12.9. The van der Waals surface area contributed by atoms with Crippen molar-refractivity contribution in [3.63, 3.8) is 0 Å². The van der Waals surface area contributed by atoms with E-state index in [0.29, 0.717) is 6.04 Å². The van der Waals surface area contributed by atoms with Gasteiger partial charge < -0.3 is 10.6 Å². The molecule has 0 saturated carbocycles. The number of piperidine rings is 1. The van der Waals surface area contributed by atoms with E-state index in [1.807, 2.05) is 18.8 Å². The third kappa shape index (κ3) is 6.52. The maximum Gasteiger partial charge on any atom is 0.191 e. The van der Waals surface area contributed by atoms with Gasteiger partial charge in [-0.3, -0.25) is 9.89 Å². The molecular weight excluding hydrogens is 256 g/mol. The van der Waals surface area contributed by atoms with Crippen LogP contribution in [-0.4, -0.2) is 62.1 Å². The number of rotatable bonds is 6. The lowest BCUT2D eigenvalue weighted by Crippen LogP contribution is -2.48. The van der Waals surface area contributed by atoms with Crippen LogP contribution < -0.4 is 10.6 Å². The minimum Gasteiger partial charge on any atom is -0.356 e. The van der Waals surface area contributed by atoms with E-state index >= 15 is 0 Å². The molecule has 1 saturated heterocycles. The van der Waals surface area contributed by atoms with Crippen molar-refractivity contribution in [2.75, 3.05) is 45.2 Å². The molecule has 1 rings (SSSR count). The summed E-state index contributed by atoms with van der Waals surface area (Å²) in [7, 11) is 1.84. The predicted octanol–water partition coefficient (Wildman–Crippen LogP) is 1.63. The molecule has 2 atom stereocenters. The summed E-state index contributed by atoms with van der Waals surface area (Å²) >= 11 is 1.85. The van der Waals surface area contributed by atoms with E-state index in [9.17, 15) is 0 Å². The highest BCUT2D eigenvalue weighted by Gasteiger charge is 2.20. The second-order valence-electron chi connectivity index (χ2n) is 5.46. The molecule has 1 aliphatic rings. The van der Waals surface area contributed by atoms with Gasteiger partial charge in [0.05, 0.1) is 0 Å². The first-order chi connectivity index (χ1) is 9.17. The predicted molar refractivity (Wildman–Crippen MR) is 87.2 cm³/mol. The minimum atomic E-state index is 0.571. The molecule has 0 spiro atoms. The molecule has 0 amide bonds. The van der Waals surface area contributed by atoms with E-state index in [1.165, 1.54) is 25.9 Å². The van der Waals surface area contributed by atoms with Crippen molar-refractivity contribution in [3.8, 4) is 0 Å². The zero-order chi connectivity index (χ0) is 14.1. The van der Waals surface area contributed by atoms with Crippen LogP contribution in [0.4, 0.5) is 0 Å². The monoisotopic (exact) mass is 286 g/mol. The first-order valence-corrected chi connectivity index (χ1v) is 8.74. The van der Waals surface area contributed by atoms with Crippen molar-refractivity contribution in [1.29, 1.82) is 0 Å². The molecule has 5 heteroatoms. The van der Waals surface area contributed by atoms with Crippen LogP contribution in [0.25, 0.3) is 0 Å². The van der Waals surface area contributed by atoms with Gasteiger partial charge in [-0.05, 0) is 38.5 Å². The highest BCUT2D eigenvalue weighted by molar-refractivity contribution is 7.98. The minimum absolute atomic E-state index is 0.571. The Morgan fingerprint density at radius 2 is 2.26 bits per heavy atom. The smallest absolute Gasteiger partial charge is 0.191 e. The Bertz CT molecular complexity index is 270. The van der Waals surface area contributed by atoms with E-state index < -0.39 is 0 Å². The lowest BCUT2D eigenvalue weighted by Gasteiger charge is -2.35. The Labute approximate surface area is 122 Å². The standard InChI is InChI=1S/C14H30N4S/c1-12-6-5-8-18(11-12)13(2)10-17-14(15-3)16-7-9-19-4/h12-13H,5-11H2,1-4H3,(H2,15,16,17). The summed E-state index contributed by atoms with van der Waals surface area (Å²) in [5.74, 6) is 2.88. The van der Waals surface area contributed by atoms with E-state index in [-0.39, 0.29) is 0 Å². The zero-order valence-corrected chi connectivity index (χ0v) is 13.7. The van der Waals surface area contributed by atoms with E-state index in [4.69, 9.17) is 0 Å². The molecule has 0 aliphatic carbocycles. The molecule has 1 aliphatic heterocycles. The van der Waals surface area contributed by atoms with Crippen molar-refractivity contribution in [2.45, 2.75) is 32.7 Å². The number of nitrogens with zero attached hydrogens (tertiary/aromatic N) is 2. The average Bonchev–Trinajstić information content (AvgIpc) is 2.42. The Hall–Kier alpha value is -0.420. The van der Waals surface area contributed by atoms with Crippen LogP contribution in [0.15, 0.2) is 4.99 Å². The van der Waals surface area contributed by atoms with Crippen molar-refractivity contribution in [2.24, 2.45) is 10.9 Å². The van der Waals surface area contributed by atoms with Crippen LogP contribution in [0.3, 0.4) is 0 Å². The molecule has 1 fully saturated rings. The van der Waals surface area contributed by atoms with Crippen LogP contribution >= 0.6 is 11.8 Å². The quantitative estimate of drug-likeness (QED) is 0.442. The molecule has 0 bridgehead atoms. The van der Waals surface area contributed by atoms with Crippen molar-refractivity contribution in [1.82, 2.24) is 15.5 Å². The number of hydrogen-bond donors (Lipinski definition) is 2. The molecule has 2 unspecified atom stereocenters. The number of nitrogens with one attached hydrogen (secondary N) is 2. The van der Waals surface area contributed by atoms with Crippen LogP contribution in [0.1, 0.15) is 26.7 Å². The molecule has 4 nitrogen and oxygen atoms in total. The largest absolute Gasteiger partial charge is 0.356 e. The Morgan fingerprint density at radius 1 is 1.47 bits per heavy atom. The van der Waals surface area contributed by atoms with Gasteiger partial charge in [-0.25, -0.2) is 0 Å². The van der Waals surface area contributed by atoms with Gasteiger partial charge in [0, 0.05) is 38.5 Å². The Balaban J connectivity index is 2.25. The first-order valence-electron chi connectivity index (χ1n) is 7.34. The van der Waals surface area contributed by atoms with Crippen LogP contribution in [0.5, 0.6) is 0 Å². The summed E-state index contributed by atoms with van der Waals surface area (Å²) in [4.78, 5) is 6.85. The van der Waals surface area contributed by atoms with Gasteiger partial charge in [-0.2, -0.15) is 11.8 Å². The van der Waals surface area contributed by atoms with Crippen molar-refractivity contribution >= 4 is 17.7 Å². The third-order valence-electron chi connectivity index (χ3n) is 3.70. The van der Waals surface area contributed by atoms with Gasteiger partial charge in [0.25, 0.3) is 0 Å². The van der Waals surface area contributed by atoms with Gasteiger partial charge in [0.15, 0.2) is 5.96 Å². The molecule has 1 heterocycles. The molecule has 2 N–H and O–H groups in total. The maximum absolute atomic E-state index is 4.26. The summed E-state index contributed by atoms with van der Waals surface area (Å²) in [5.41, 5.74) is 0. The van der Waals surface area contributed by atoms with Gasteiger partial charge >= 0.3 is 0 Å². The fraction of sp³-hybridized carbons (Fsp3) is 0.929. The Kier molecular flexibility index (Phi) is 8.30. The van der Waals surface area contributed by atoms with E-state index in [0.717, 1.165) is 30.7 Å². The van der Waals surface area contributed by atoms with E-state index in [1.54, 1.807) is 0 Å². The number of aliphatic imine (C=N–C) groups is 1. The highest BCUT2D eigenvalue weighted by atomic mass is 32.2. The van der Waals surface area contributed by atoms with Crippen LogP contribution in [0.2, 0.25) is 0 Å². The topological polar surface area (TPSA) is 39.7 Å². The summed E-state index contributed by atoms with van der Waals surface area (Å²) in [6.45, 7) is 9.07. The van der Waals surface area contributed by atoms with E-state index in [2.05, 4.69) is 40.6 Å². The first kappa shape index (κ1) is 16.6. The molecule has 19 heavy (non-hydrogen) atoms. The molecule has 112 valence electrons. The summed E-state index contributed by atoms with van der Waals surface area (Å²) in [6.07, 6.45) is 4.85. The maximum atomic E-state index is 4.26. The highest BCUT2D eigenvalue weighted by Crippen LogP contribution is 2.17. The van der Waals surface area contributed by atoms with Crippen LogP contribution in [0, 0.1) is 5.92 Å². The fourth-order valence-electron chi connectivity index (χ4n) is 2.49. The second kappa shape index (κ2) is 9.48. The SMILES string of the molecule is CN=C(NCCSC)NCC(C)N1CCCC(C)C1. The number of thioether (sulfide) groups is 1. The average molecular weight is 286 g/mol. The molecule has 0 aromatic heterocycles. The fourth-order valence-corrected chi connectivity index (χ4v) is 2.80. The summed E-state index contributed by atoms with van der Waals surface area (Å²) in [6, 6.07) is 0.571. The number of guanidine groups is 1. The molecule has 0 aromatic rings. The van der Waals surface area contributed by atoms with Gasteiger partial charge in [0.1, 0.15) is 0 Å². The summed E-state index contributed by atoms with van der Waals surface area (Å²) < 4.78 is 0. The molecular formula is C14H30N4S. The lowest BCUT2D eigenvalue weighted by atomic mass is 9.99. The van der Waals surface area contributed by atoms with Crippen LogP contribution in [-0.2, 0) is 0 Å². The van der Waals surface area contributed by atoms with Gasteiger partial charge in [-0.15, -0.1) is 0 Å². The second-order valence-corrected chi connectivity index (χ2v) is 6.45. The third-order valence-corrected chi connectivity index (χ3v) is 4.31. The molecule has 0 radical (unpaired) electrons. The Morgan fingerprint density at radius 3 is 2.89 bits per heavy atom. The normalized spacial score (nSPS) is 23.2.